The van der Waals surface area contributed by atoms with Gasteiger partial charge in [-0.15, -0.1) is 0 Å². The number of methoxy groups -OCH3 is 1. The van der Waals surface area contributed by atoms with Crippen LogP contribution in [0.2, 0.25) is 0 Å². The van der Waals surface area contributed by atoms with Crippen molar-refractivity contribution in [2.24, 2.45) is 0 Å². The Morgan fingerprint density at radius 2 is 2.04 bits per heavy atom. The van der Waals surface area contributed by atoms with Crippen molar-refractivity contribution in [3.63, 3.8) is 0 Å². The van der Waals surface area contributed by atoms with Gasteiger partial charge in [0.05, 0.1) is 19.8 Å². The molecule has 4 nitrogen and oxygen atoms in total. The quantitative estimate of drug-likeness (QED) is 0.715. The molecular weight excluding hydrogens is 302 g/mol. The zero-order chi connectivity index (χ0) is 16.6. The third-order valence-electron chi connectivity index (χ3n) is 4.41. The monoisotopic (exact) mass is 329 g/mol. The van der Waals surface area contributed by atoms with E-state index in [4.69, 9.17) is 14.2 Å². The second-order valence-corrected chi connectivity index (χ2v) is 6.29. The largest absolute Gasteiger partial charge is 0.497 e. The minimum atomic E-state index is 0.328. The molecule has 1 saturated heterocycles. The molecule has 1 aliphatic heterocycles. The summed E-state index contributed by atoms with van der Waals surface area (Å²) in [7, 11) is 1.70. The first-order valence-corrected chi connectivity index (χ1v) is 8.82. The molecule has 0 amide bonds. The Balaban J connectivity index is 1.35. The Morgan fingerprint density at radius 3 is 2.88 bits per heavy atom. The van der Waals surface area contributed by atoms with E-state index in [1.54, 1.807) is 7.11 Å². The van der Waals surface area contributed by atoms with Crippen molar-refractivity contribution >= 4 is 10.8 Å². The number of fused-ring (bicyclic) bond motifs is 1. The molecule has 24 heavy (non-hydrogen) atoms. The molecule has 1 unspecified atom stereocenters. The first kappa shape index (κ1) is 17.2. The van der Waals surface area contributed by atoms with Gasteiger partial charge < -0.3 is 19.5 Å². The van der Waals surface area contributed by atoms with Crippen molar-refractivity contribution in [3.05, 3.63) is 42.0 Å². The summed E-state index contributed by atoms with van der Waals surface area (Å²) in [5.74, 6) is 0.899. The smallest absolute Gasteiger partial charge is 0.119 e. The lowest BCUT2D eigenvalue weighted by molar-refractivity contribution is 0.0166. The average molecular weight is 329 g/mol. The average Bonchev–Trinajstić information content (AvgIpc) is 3.13. The first-order chi connectivity index (χ1) is 11.8. The predicted molar refractivity (Wildman–Crippen MR) is 96.6 cm³/mol. The summed E-state index contributed by atoms with van der Waals surface area (Å²) in [4.78, 5) is 0. The first-order valence-electron chi connectivity index (χ1n) is 8.82. The highest BCUT2D eigenvalue weighted by atomic mass is 16.5. The molecule has 0 spiro atoms. The zero-order valence-electron chi connectivity index (χ0n) is 14.4. The third-order valence-corrected chi connectivity index (χ3v) is 4.41. The van der Waals surface area contributed by atoms with E-state index in [0.717, 1.165) is 51.5 Å². The van der Waals surface area contributed by atoms with Crippen molar-refractivity contribution in [1.29, 1.82) is 0 Å². The molecule has 1 atom stereocenters. The van der Waals surface area contributed by atoms with Crippen molar-refractivity contribution in [1.82, 2.24) is 5.32 Å². The molecule has 0 aromatic heterocycles. The maximum Gasteiger partial charge on any atom is 0.119 e. The summed E-state index contributed by atoms with van der Waals surface area (Å²) in [5, 5.41) is 5.94. The maximum absolute atomic E-state index is 5.67. The Bertz CT molecular complexity index is 638. The Labute approximate surface area is 144 Å². The highest BCUT2D eigenvalue weighted by molar-refractivity contribution is 5.84. The van der Waals surface area contributed by atoms with Gasteiger partial charge in [-0.25, -0.2) is 0 Å². The van der Waals surface area contributed by atoms with E-state index in [-0.39, 0.29) is 0 Å². The normalized spacial score (nSPS) is 17.5. The van der Waals surface area contributed by atoms with Crippen LogP contribution in [0.15, 0.2) is 36.4 Å². The molecule has 2 aromatic rings. The molecule has 1 fully saturated rings. The summed E-state index contributed by atoms with van der Waals surface area (Å²) in [5.41, 5.74) is 1.30. The van der Waals surface area contributed by atoms with Crippen LogP contribution in [0.1, 0.15) is 24.8 Å². The minimum Gasteiger partial charge on any atom is -0.497 e. The van der Waals surface area contributed by atoms with E-state index in [0.29, 0.717) is 6.10 Å². The van der Waals surface area contributed by atoms with Gasteiger partial charge in [0, 0.05) is 19.8 Å². The van der Waals surface area contributed by atoms with Gasteiger partial charge in [0.25, 0.3) is 0 Å². The molecule has 130 valence electrons. The molecule has 1 aliphatic rings. The number of nitrogens with one attached hydrogen (secondary N) is 1. The van der Waals surface area contributed by atoms with Crippen LogP contribution in [0.4, 0.5) is 0 Å². The standard InChI is InChI=1S/C20H27NO3/c1-22-19-8-7-17-12-16(5-6-18(17)13-19)14-21-9-3-10-23-15-20-4-2-11-24-20/h5-8,12-13,20-21H,2-4,9-11,14-15H2,1H3. The fraction of sp³-hybridized carbons (Fsp3) is 0.500. The molecule has 0 radical (unpaired) electrons. The summed E-state index contributed by atoms with van der Waals surface area (Å²) in [6.45, 7) is 4.28. The highest BCUT2D eigenvalue weighted by Gasteiger charge is 2.14. The fourth-order valence-electron chi connectivity index (χ4n) is 3.03. The van der Waals surface area contributed by atoms with Gasteiger partial charge >= 0.3 is 0 Å². The van der Waals surface area contributed by atoms with Crippen LogP contribution in [-0.2, 0) is 16.0 Å². The summed E-state index contributed by atoms with van der Waals surface area (Å²) in [6.07, 6.45) is 3.67. The van der Waals surface area contributed by atoms with Crippen LogP contribution in [0.3, 0.4) is 0 Å². The zero-order valence-corrected chi connectivity index (χ0v) is 14.4. The van der Waals surface area contributed by atoms with Crippen molar-refractivity contribution in [2.45, 2.75) is 31.9 Å². The van der Waals surface area contributed by atoms with E-state index in [9.17, 15) is 0 Å². The van der Waals surface area contributed by atoms with Gasteiger partial charge in [-0.2, -0.15) is 0 Å². The van der Waals surface area contributed by atoms with E-state index in [2.05, 4.69) is 35.6 Å². The molecule has 0 saturated carbocycles. The maximum atomic E-state index is 5.67. The number of hydrogen-bond donors (Lipinski definition) is 1. The Morgan fingerprint density at radius 1 is 1.17 bits per heavy atom. The van der Waals surface area contributed by atoms with E-state index < -0.39 is 0 Å². The van der Waals surface area contributed by atoms with Crippen LogP contribution >= 0.6 is 0 Å². The van der Waals surface area contributed by atoms with Crippen LogP contribution in [0.5, 0.6) is 5.75 Å². The molecule has 2 aromatic carbocycles. The molecule has 0 aliphatic carbocycles. The van der Waals surface area contributed by atoms with Crippen molar-refractivity contribution in [3.8, 4) is 5.75 Å². The van der Waals surface area contributed by atoms with Gasteiger partial charge in [-0.1, -0.05) is 18.2 Å². The number of rotatable bonds is 9. The number of ether oxygens (including phenoxy) is 3. The Kier molecular flexibility index (Phi) is 6.47. The van der Waals surface area contributed by atoms with Gasteiger partial charge in [0.2, 0.25) is 0 Å². The summed E-state index contributed by atoms with van der Waals surface area (Å²) in [6, 6.07) is 12.7. The molecule has 3 rings (SSSR count). The van der Waals surface area contributed by atoms with E-state index in [1.807, 2.05) is 6.07 Å². The van der Waals surface area contributed by atoms with Crippen LogP contribution in [-0.4, -0.2) is 39.6 Å². The molecule has 1 N–H and O–H groups in total. The van der Waals surface area contributed by atoms with Gasteiger partial charge in [-0.3, -0.25) is 0 Å². The lowest BCUT2D eigenvalue weighted by Crippen LogP contribution is -2.18. The lowest BCUT2D eigenvalue weighted by Gasteiger charge is -2.10. The molecule has 4 heteroatoms. The molecular formula is C20H27NO3. The minimum absolute atomic E-state index is 0.328. The Hall–Kier alpha value is -1.62. The van der Waals surface area contributed by atoms with Crippen molar-refractivity contribution < 1.29 is 14.2 Å². The SMILES string of the molecule is COc1ccc2cc(CNCCCOCC3CCCO3)ccc2c1. The van der Waals surface area contributed by atoms with E-state index in [1.165, 1.54) is 22.8 Å². The summed E-state index contributed by atoms with van der Waals surface area (Å²) < 4.78 is 16.5. The molecule has 1 heterocycles. The fourth-order valence-corrected chi connectivity index (χ4v) is 3.03. The van der Waals surface area contributed by atoms with Crippen LogP contribution in [0, 0.1) is 0 Å². The van der Waals surface area contributed by atoms with Gasteiger partial charge in [0.1, 0.15) is 5.75 Å². The predicted octanol–water partition coefficient (Wildman–Crippen LogP) is 3.52. The third kappa shape index (κ3) is 4.94. The lowest BCUT2D eigenvalue weighted by atomic mass is 10.1. The van der Waals surface area contributed by atoms with Gasteiger partial charge in [0.15, 0.2) is 0 Å². The second kappa shape index (κ2) is 9.02. The second-order valence-electron chi connectivity index (χ2n) is 6.29. The van der Waals surface area contributed by atoms with Crippen LogP contribution < -0.4 is 10.1 Å². The topological polar surface area (TPSA) is 39.7 Å². The highest BCUT2D eigenvalue weighted by Crippen LogP contribution is 2.21. The summed E-state index contributed by atoms with van der Waals surface area (Å²) >= 11 is 0. The van der Waals surface area contributed by atoms with Crippen LogP contribution in [0.25, 0.3) is 10.8 Å². The van der Waals surface area contributed by atoms with E-state index >= 15 is 0 Å². The molecule has 0 bridgehead atoms. The number of hydrogen-bond acceptors (Lipinski definition) is 4. The van der Waals surface area contributed by atoms with Gasteiger partial charge in [-0.05, 0) is 60.3 Å². The number of benzene rings is 2. The van der Waals surface area contributed by atoms with Crippen molar-refractivity contribution in [2.75, 3.05) is 33.5 Å².